The van der Waals surface area contributed by atoms with Crippen LogP contribution in [0.15, 0.2) is 0 Å². The molecule has 0 atom stereocenters. The molecule has 0 bridgehead atoms. The molecular weight excluding hydrogens is 250 g/mol. The molecule has 2 N–H and O–H groups in total. The highest BCUT2D eigenvalue weighted by molar-refractivity contribution is 5.78. The summed E-state index contributed by atoms with van der Waals surface area (Å²) >= 11 is 0. The highest BCUT2D eigenvalue weighted by atomic mass is 16.3. The van der Waals surface area contributed by atoms with Crippen molar-refractivity contribution in [3.05, 3.63) is 0 Å². The van der Waals surface area contributed by atoms with E-state index in [1.165, 1.54) is 12.8 Å². The van der Waals surface area contributed by atoms with Gasteiger partial charge < -0.3 is 10.4 Å². The first kappa shape index (κ1) is 15.8. The summed E-state index contributed by atoms with van der Waals surface area (Å²) in [5.74, 6) is 1.23. The van der Waals surface area contributed by atoms with E-state index in [1.54, 1.807) is 0 Å². The van der Waals surface area contributed by atoms with Gasteiger partial charge in [0.2, 0.25) is 5.91 Å². The summed E-state index contributed by atoms with van der Waals surface area (Å²) in [6.45, 7) is 7.94. The van der Waals surface area contributed by atoms with Crippen LogP contribution in [0.4, 0.5) is 0 Å². The predicted molar refractivity (Wildman–Crippen MR) is 81.3 cm³/mol. The number of amides is 1. The minimum Gasteiger partial charge on any atom is -0.396 e. The number of carbonyl (C=O) groups excluding carboxylic acids is 1. The summed E-state index contributed by atoms with van der Waals surface area (Å²) in [6, 6.07) is 0. The van der Waals surface area contributed by atoms with Crippen molar-refractivity contribution in [2.45, 2.75) is 65.7 Å². The first-order chi connectivity index (χ1) is 9.36. The van der Waals surface area contributed by atoms with Crippen LogP contribution < -0.4 is 5.32 Å². The lowest BCUT2D eigenvalue weighted by atomic mass is 9.69. The fourth-order valence-electron chi connectivity index (χ4n) is 3.57. The van der Waals surface area contributed by atoms with E-state index >= 15 is 0 Å². The molecular formula is C17H31NO2. The van der Waals surface area contributed by atoms with Crippen LogP contribution in [0.5, 0.6) is 0 Å². The summed E-state index contributed by atoms with van der Waals surface area (Å²) in [4.78, 5) is 12.3. The van der Waals surface area contributed by atoms with Crippen LogP contribution >= 0.6 is 0 Å². The quantitative estimate of drug-likeness (QED) is 0.813. The molecule has 2 rings (SSSR count). The first-order valence-electron chi connectivity index (χ1n) is 8.25. The van der Waals surface area contributed by atoms with Gasteiger partial charge in [-0.2, -0.15) is 0 Å². The molecule has 0 unspecified atom stereocenters. The van der Waals surface area contributed by atoms with Crippen LogP contribution in [0.25, 0.3) is 0 Å². The van der Waals surface area contributed by atoms with Crippen molar-refractivity contribution >= 4 is 5.91 Å². The van der Waals surface area contributed by atoms with E-state index in [4.69, 9.17) is 5.11 Å². The number of nitrogens with one attached hydrogen (secondary N) is 1. The zero-order valence-corrected chi connectivity index (χ0v) is 13.4. The van der Waals surface area contributed by atoms with E-state index in [9.17, 15) is 4.79 Å². The topological polar surface area (TPSA) is 49.3 Å². The van der Waals surface area contributed by atoms with Gasteiger partial charge >= 0.3 is 0 Å². The lowest BCUT2D eigenvalue weighted by Crippen LogP contribution is -2.38. The lowest BCUT2D eigenvalue weighted by Gasteiger charge is -2.36. The van der Waals surface area contributed by atoms with E-state index in [0.29, 0.717) is 5.41 Å². The van der Waals surface area contributed by atoms with Gasteiger partial charge in [0.15, 0.2) is 0 Å². The van der Waals surface area contributed by atoms with Gasteiger partial charge in [-0.3, -0.25) is 4.79 Å². The highest BCUT2D eigenvalue weighted by Crippen LogP contribution is 2.48. The lowest BCUT2D eigenvalue weighted by molar-refractivity contribution is -0.126. The zero-order valence-electron chi connectivity index (χ0n) is 13.4. The molecule has 0 heterocycles. The number of rotatable bonds is 5. The Balaban J connectivity index is 1.72. The third-order valence-electron chi connectivity index (χ3n) is 5.56. The number of aliphatic hydroxyl groups is 1. The molecule has 0 aromatic heterocycles. The molecule has 0 spiro atoms. The Bertz CT molecular complexity index is 333. The molecule has 116 valence electrons. The van der Waals surface area contributed by atoms with Gasteiger partial charge in [0.05, 0.1) is 0 Å². The predicted octanol–water partition coefficient (Wildman–Crippen LogP) is 3.12. The van der Waals surface area contributed by atoms with E-state index in [-0.39, 0.29) is 23.8 Å². The molecule has 2 aliphatic rings. The average Bonchev–Trinajstić information content (AvgIpc) is 3.16. The van der Waals surface area contributed by atoms with Crippen LogP contribution in [-0.2, 0) is 4.79 Å². The summed E-state index contributed by atoms with van der Waals surface area (Å²) in [5, 5.41) is 12.2. The molecule has 2 fully saturated rings. The second kappa shape index (κ2) is 6.05. The SMILES string of the molecule is CC(C)(C)C1CCC(C(=O)NCC2(CCO)CC2)CC1. The van der Waals surface area contributed by atoms with Crippen LogP contribution in [0, 0.1) is 22.7 Å². The molecule has 0 aromatic carbocycles. The third kappa shape index (κ3) is 3.97. The van der Waals surface area contributed by atoms with Crippen LogP contribution in [0.2, 0.25) is 0 Å². The zero-order chi connectivity index (χ0) is 14.8. The van der Waals surface area contributed by atoms with Crippen molar-refractivity contribution in [1.82, 2.24) is 5.32 Å². The van der Waals surface area contributed by atoms with E-state index < -0.39 is 0 Å². The number of hydrogen-bond donors (Lipinski definition) is 2. The van der Waals surface area contributed by atoms with Crippen molar-refractivity contribution in [3.63, 3.8) is 0 Å². The maximum atomic E-state index is 12.3. The Kier molecular flexibility index (Phi) is 4.78. The monoisotopic (exact) mass is 281 g/mol. The number of aliphatic hydroxyl groups excluding tert-OH is 1. The first-order valence-corrected chi connectivity index (χ1v) is 8.25. The Morgan fingerprint density at radius 2 is 1.80 bits per heavy atom. The Hall–Kier alpha value is -0.570. The van der Waals surface area contributed by atoms with Crippen molar-refractivity contribution in [2.75, 3.05) is 13.2 Å². The standard InChI is InChI=1S/C17H31NO2/c1-16(2,3)14-6-4-13(5-7-14)15(20)18-12-17(8-9-17)10-11-19/h13-14,19H,4-12H2,1-3H3,(H,18,20). The van der Waals surface area contributed by atoms with E-state index in [0.717, 1.165) is 44.6 Å². The van der Waals surface area contributed by atoms with Gasteiger partial charge in [-0.15, -0.1) is 0 Å². The molecule has 0 saturated heterocycles. The second-order valence-corrected chi connectivity index (χ2v) is 8.11. The normalized spacial score (nSPS) is 29.0. The third-order valence-corrected chi connectivity index (χ3v) is 5.56. The summed E-state index contributed by atoms with van der Waals surface area (Å²) in [7, 11) is 0. The Morgan fingerprint density at radius 1 is 1.20 bits per heavy atom. The van der Waals surface area contributed by atoms with E-state index in [2.05, 4.69) is 26.1 Å². The molecule has 3 nitrogen and oxygen atoms in total. The molecule has 2 saturated carbocycles. The van der Waals surface area contributed by atoms with Gasteiger partial charge in [-0.05, 0) is 61.7 Å². The van der Waals surface area contributed by atoms with Gasteiger partial charge in [0, 0.05) is 19.1 Å². The van der Waals surface area contributed by atoms with Crippen LogP contribution in [0.3, 0.4) is 0 Å². The largest absolute Gasteiger partial charge is 0.396 e. The minimum absolute atomic E-state index is 0.221. The summed E-state index contributed by atoms with van der Waals surface area (Å²) in [6.07, 6.45) is 7.60. The summed E-state index contributed by atoms with van der Waals surface area (Å²) < 4.78 is 0. The molecule has 0 aromatic rings. The molecule has 0 aliphatic heterocycles. The molecule has 1 amide bonds. The summed E-state index contributed by atoms with van der Waals surface area (Å²) in [5.41, 5.74) is 0.605. The molecule has 20 heavy (non-hydrogen) atoms. The fourth-order valence-corrected chi connectivity index (χ4v) is 3.57. The highest BCUT2D eigenvalue weighted by Gasteiger charge is 2.42. The van der Waals surface area contributed by atoms with Gasteiger partial charge in [-0.25, -0.2) is 0 Å². The number of carbonyl (C=O) groups is 1. The average molecular weight is 281 g/mol. The Morgan fingerprint density at radius 3 is 2.25 bits per heavy atom. The molecule has 2 aliphatic carbocycles. The molecule has 3 heteroatoms. The van der Waals surface area contributed by atoms with Crippen molar-refractivity contribution in [2.24, 2.45) is 22.7 Å². The van der Waals surface area contributed by atoms with Gasteiger partial charge in [0.25, 0.3) is 0 Å². The van der Waals surface area contributed by atoms with Crippen LogP contribution in [0.1, 0.15) is 65.7 Å². The van der Waals surface area contributed by atoms with Gasteiger partial charge in [0.1, 0.15) is 0 Å². The van der Waals surface area contributed by atoms with Gasteiger partial charge in [-0.1, -0.05) is 20.8 Å². The van der Waals surface area contributed by atoms with Crippen molar-refractivity contribution < 1.29 is 9.90 Å². The fraction of sp³-hybridized carbons (Fsp3) is 0.941. The van der Waals surface area contributed by atoms with Crippen molar-refractivity contribution in [3.8, 4) is 0 Å². The number of hydrogen-bond acceptors (Lipinski definition) is 2. The smallest absolute Gasteiger partial charge is 0.223 e. The van der Waals surface area contributed by atoms with Crippen molar-refractivity contribution in [1.29, 1.82) is 0 Å². The molecule has 0 radical (unpaired) electrons. The van der Waals surface area contributed by atoms with Crippen LogP contribution in [-0.4, -0.2) is 24.2 Å². The minimum atomic E-state index is 0.221. The maximum Gasteiger partial charge on any atom is 0.223 e. The van der Waals surface area contributed by atoms with E-state index in [1.807, 2.05) is 0 Å². The Labute approximate surface area is 123 Å². The second-order valence-electron chi connectivity index (χ2n) is 8.11. The maximum absolute atomic E-state index is 12.3.